The summed E-state index contributed by atoms with van der Waals surface area (Å²) in [5, 5.41) is 8.81. The molecule has 6 heteroatoms. The predicted molar refractivity (Wildman–Crippen MR) is 134 cm³/mol. The van der Waals surface area contributed by atoms with Crippen LogP contribution in [0.4, 0.5) is 17.1 Å². The highest BCUT2D eigenvalue weighted by molar-refractivity contribution is 5.96. The van der Waals surface area contributed by atoms with Crippen LogP contribution in [-0.4, -0.2) is 25.0 Å². The highest BCUT2D eigenvalue weighted by Crippen LogP contribution is 2.21. The molecule has 0 unspecified atom stereocenters. The maximum atomic E-state index is 12.3. The Labute approximate surface area is 195 Å². The number of aryl methyl sites for hydroxylation is 2. The van der Waals surface area contributed by atoms with Gasteiger partial charge in [0.05, 0.1) is 13.2 Å². The van der Waals surface area contributed by atoms with E-state index in [1.165, 1.54) is 5.56 Å². The summed E-state index contributed by atoms with van der Waals surface area (Å²) in [5.74, 6) is 0.569. The molecular weight excluding hydrogens is 414 g/mol. The second-order valence-electron chi connectivity index (χ2n) is 7.80. The summed E-state index contributed by atoms with van der Waals surface area (Å²) < 4.78 is 5.81. The Morgan fingerprint density at radius 2 is 1.58 bits per heavy atom. The molecule has 0 atom stereocenters. The van der Waals surface area contributed by atoms with Crippen LogP contribution in [0.1, 0.15) is 30.9 Å². The Morgan fingerprint density at radius 1 is 0.848 bits per heavy atom. The largest absolute Gasteiger partial charge is 0.494 e. The summed E-state index contributed by atoms with van der Waals surface area (Å²) >= 11 is 0. The van der Waals surface area contributed by atoms with Crippen LogP contribution in [0.2, 0.25) is 0 Å². The summed E-state index contributed by atoms with van der Waals surface area (Å²) in [4.78, 5) is 24.0. The van der Waals surface area contributed by atoms with Gasteiger partial charge in [-0.2, -0.15) is 0 Å². The van der Waals surface area contributed by atoms with Gasteiger partial charge in [-0.25, -0.2) is 0 Å². The molecule has 0 aliphatic heterocycles. The number of benzene rings is 3. The van der Waals surface area contributed by atoms with E-state index < -0.39 is 0 Å². The minimum Gasteiger partial charge on any atom is -0.494 e. The number of hydrogen-bond donors (Lipinski definition) is 3. The minimum atomic E-state index is -0.173. The van der Waals surface area contributed by atoms with Crippen molar-refractivity contribution in [2.24, 2.45) is 0 Å². The number of hydrogen-bond acceptors (Lipinski definition) is 4. The van der Waals surface area contributed by atoms with E-state index in [9.17, 15) is 9.59 Å². The average molecular weight is 446 g/mol. The Morgan fingerprint density at radius 3 is 2.30 bits per heavy atom. The zero-order valence-electron chi connectivity index (χ0n) is 19.2. The van der Waals surface area contributed by atoms with Gasteiger partial charge >= 0.3 is 0 Å². The van der Waals surface area contributed by atoms with Gasteiger partial charge in [-0.15, -0.1) is 0 Å². The van der Waals surface area contributed by atoms with Gasteiger partial charge in [-0.3, -0.25) is 9.59 Å². The standard InChI is InChI=1S/C27H31N3O3/c1-3-26(31)30-25-18-23(12-11-20(25)2)29-27(32)19-28-22-13-15-24(16-14-22)33-17-7-10-21-8-5-4-6-9-21/h4-6,8-9,11-16,18,28H,3,7,10,17,19H2,1-2H3,(H,29,32)(H,30,31). The number of carbonyl (C=O) groups excluding carboxylic acids is 2. The van der Waals surface area contributed by atoms with Crippen LogP contribution >= 0.6 is 0 Å². The van der Waals surface area contributed by atoms with E-state index in [1.807, 2.05) is 61.5 Å². The maximum absolute atomic E-state index is 12.3. The normalized spacial score (nSPS) is 10.4. The first kappa shape index (κ1) is 23.9. The summed E-state index contributed by atoms with van der Waals surface area (Å²) in [6.45, 7) is 4.49. The van der Waals surface area contributed by atoms with Crippen molar-refractivity contribution >= 4 is 28.9 Å². The first-order chi connectivity index (χ1) is 16.0. The first-order valence-corrected chi connectivity index (χ1v) is 11.2. The zero-order chi connectivity index (χ0) is 23.5. The van der Waals surface area contributed by atoms with Crippen molar-refractivity contribution in [1.29, 1.82) is 0 Å². The van der Waals surface area contributed by atoms with E-state index in [0.29, 0.717) is 24.4 Å². The second kappa shape index (κ2) is 12.3. The Bertz CT molecular complexity index is 1050. The van der Waals surface area contributed by atoms with Gasteiger partial charge in [0.1, 0.15) is 5.75 Å². The van der Waals surface area contributed by atoms with Gasteiger partial charge in [0.2, 0.25) is 11.8 Å². The van der Waals surface area contributed by atoms with E-state index in [4.69, 9.17) is 4.74 Å². The van der Waals surface area contributed by atoms with Crippen LogP contribution in [0, 0.1) is 6.92 Å². The highest BCUT2D eigenvalue weighted by atomic mass is 16.5. The fraction of sp³-hybridized carbons (Fsp3) is 0.259. The van der Waals surface area contributed by atoms with Gasteiger partial charge in [0.25, 0.3) is 0 Å². The second-order valence-corrected chi connectivity index (χ2v) is 7.80. The lowest BCUT2D eigenvalue weighted by atomic mass is 10.1. The van der Waals surface area contributed by atoms with Gasteiger partial charge in [0, 0.05) is 23.5 Å². The van der Waals surface area contributed by atoms with Crippen molar-refractivity contribution in [2.75, 3.05) is 29.1 Å². The number of anilines is 3. The maximum Gasteiger partial charge on any atom is 0.243 e. The first-order valence-electron chi connectivity index (χ1n) is 11.2. The zero-order valence-corrected chi connectivity index (χ0v) is 19.2. The lowest BCUT2D eigenvalue weighted by Gasteiger charge is -2.12. The Balaban J connectivity index is 1.41. The number of amides is 2. The van der Waals surface area contributed by atoms with E-state index >= 15 is 0 Å². The molecule has 33 heavy (non-hydrogen) atoms. The third-order valence-electron chi connectivity index (χ3n) is 5.15. The molecule has 0 aromatic heterocycles. The third-order valence-corrected chi connectivity index (χ3v) is 5.15. The van der Waals surface area contributed by atoms with Crippen molar-refractivity contribution in [3.05, 3.63) is 83.9 Å². The Hall–Kier alpha value is -3.80. The number of ether oxygens (including phenoxy) is 1. The molecule has 0 spiro atoms. The number of carbonyl (C=O) groups is 2. The van der Waals surface area contributed by atoms with Crippen LogP contribution in [-0.2, 0) is 16.0 Å². The summed E-state index contributed by atoms with van der Waals surface area (Å²) in [6, 6.07) is 23.4. The predicted octanol–water partition coefficient (Wildman–Crippen LogP) is 5.41. The number of rotatable bonds is 11. The van der Waals surface area contributed by atoms with Gasteiger partial charge < -0.3 is 20.7 Å². The van der Waals surface area contributed by atoms with Gasteiger partial charge in [0.15, 0.2) is 0 Å². The minimum absolute atomic E-state index is 0.0631. The molecule has 0 heterocycles. The Kier molecular flexibility index (Phi) is 8.88. The topological polar surface area (TPSA) is 79.5 Å². The summed E-state index contributed by atoms with van der Waals surface area (Å²) in [5.41, 5.74) is 4.42. The molecule has 2 amide bonds. The summed E-state index contributed by atoms with van der Waals surface area (Å²) in [7, 11) is 0. The molecule has 0 aliphatic carbocycles. The molecule has 3 aromatic carbocycles. The van der Waals surface area contributed by atoms with Crippen molar-refractivity contribution in [3.8, 4) is 5.75 Å². The molecule has 0 fully saturated rings. The molecule has 3 N–H and O–H groups in total. The average Bonchev–Trinajstić information content (AvgIpc) is 2.84. The van der Waals surface area contributed by atoms with E-state index in [2.05, 4.69) is 28.1 Å². The molecule has 0 radical (unpaired) electrons. The van der Waals surface area contributed by atoms with Crippen LogP contribution in [0.25, 0.3) is 0 Å². The van der Waals surface area contributed by atoms with Crippen molar-refractivity contribution in [2.45, 2.75) is 33.1 Å². The molecule has 0 bridgehead atoms. The van der Waals surface area contributed by atoms with Gasteiger partial charge in [-0.1, -0.05) is 43.3 Å². The van der Waals surface area contributed by atoms with Crippen molar-refractivity contribution in [3.63, 3.8) is 0 Å². The SMILES string of the molecule is CCC(=O)Nc1cc(NC(=O)CNc2ccc(OCCCc3ccccc3)cc2)ccc1C. The van der Waals surface area contributed by atoms with Crippen LogP contribution in [0.3, 0.4) is 0 Å². The smallest absolute Gasteiger partial charge is 0.243 e. The van der Waals surface area contributed by atoms with Crippen LogP contribution in [0.5, 0.6) is 5.75 Å². The highest BCUT2D eigenvalue weighted by Gasteiger charge is 2.07. The summed E-state index contributed by atoms with van der Waals surface area (Å²) in [6.07, 6.45) is 2.34. The fourth-order valence-corrected chi connectivity index (χ4v) is 3.24. The molecular formula is C27H31N3O3. The van der Waals surface area contributed by atoms with E-state index in [0.717, 1.165) is 29.8 Å². The van der Waals surface area contributed by atoms with E-state index in [1.54, 1.807) is 13.0 Å². The molecule has 0 saturated carbocycles. The van der Waals surface area contributed by atoms with Crippen LogP contribution in [0.15, 0.2) is 72.8 Å². The molecule has 0 aliphatic rings. The quantitative estimate of drug-likeness (QED) is 0.345. The molecule has 0 saturated heterocycles. The van der Waals surface area contributed by atoms with Crippen LogP contribution < -0.4 is 20.7 Å². The molecule has 3 aromatic rings. The van der Waals surface area contributed by atoms with Crippen molar-refractivity contribution in [1.82, 2.24) is 0 Å². The molecule has 3 rings (SSSR count). The fourth-order valence-electron chi connectivity index (χ4n) is 3.24. The third kappa shape index (κ3) is 8.00. The molecule has 6 nitrogen and oxygen atoms in total. The molecule has 172 valence electrons. The monoisotopic (exact) mass is 445 g/mol. The lowest BCUT2D eigenvalue weighted by Crippen LogP contribution is -2.22. The number of nitrogens with one attached hydrogen (secondary N) is 3. The van der Waals surface area contributed by atoms with Crippen molar-refractivity contribution < 1.29 is 14.3 Å². The lowest BCUT2D eigenvalue weighted by molar-refractivity contribution is -0.116. The van der Waals surface area contributed by atoms with Gasteiger partial charge in [-0.05, 0) is 67.3 Å². The van der Waals surface area contributed by atoms with E-state index in [-0.39, 0.29) is 18.4 Å².